The van der Waals surface area contributed by atoms with E-state index < -0.39 is 16.2 Å². The Morgan fingerprint density at radius 1 is 1.25 bits per heavy atom. The van der Waals surface area contributed by atoms with Gasteiger partial charge in [0, 0.05) is 38.4 Å². The second kappa shape index (κ2) is 8.34. The molecule has 9 heteroatoms. The molecule has 0 amide bonds. The van der Waals surface area contributed by atoms with Crippen molar-refractivity contribution in [2.24, 2.45) is 5.92 Å². The summed E-state index contributed by atoms with van der Waals surface area (Å²) >= 11 is 0. The molecule has 2 aromatic rings. The van der Waals surface area contributed by atoms with Crippen molar-refractivity contribution in [1.29, 1.82) is 0 Å². The monoisotopic (exact) mass is 404 g/mol. The van der Waals surface area contributed by atoms with Crippen LogP contribution in [0.25, 0.3) is 11.3 Å². The van der Waals surface area contributed by atoms with E-state index in [4.69, 9.17) is 5.11 Å². The summed E-state index contributed by atoms with van der Waals surface area (Å²) in [4.78, 5) is 19.6. The van der Waals surface area contributed by atoms with Crippen molar-refractivity contribution in [1.82, 2.24) is 18.6 Å². The van der Waals surface area contributed by atoms with E-state index in [9.17, 15) is 13.2 Å². The van der Waals surface area contributed by atoms with Crippen LogP contribution in [-0.2, 0) is 16.6 Å². The molecule has 1 fully saturated rings. The van der Waals surface area contributed by atoms with E-state index in [0.29, 0.717) is 19.5 Å². The van der Waals surface area contributed by atoms with E-state index in [2.05, 4.69) is 9.97 Å². The third kappa shape index (κ3) is 4.54. The Morgan fingerprint density at radius 2 is 1.96 bits per heavy atom. The highest BCUT2D eigenvalue weighted by Crippen LogP contribution is 2.24. The molecular formula is C19H24N4O4S. The third-order valence-corrected chi connectivity index (χ3v) is 6.83. The van der Waals surface area contributed by atoms with Crippen LogP contribution in [0.4, 0.5) is 0 Å². The number of hydrogen-bond donors (Lipinski definition) is 1. The molecule has 0 saturated carbocycles. The number of aromatic nitrogens is 2. The average Bonchev–Trinajstić information content (AvgIpc) is 2.68. The lowest BCUT2D eigenvalue weighted by Gasteiger charge is -2.33. The maximum atomic E-state index is 12.4. The number of carboxylic acid groups (broad SMARTS) is 1. The number of aromatic carboxylic acids is 1. The molecule has 1 aromatic heterocycles. The summed E-state index contributed by atoms with van der Waals surface area (Å²) in [7, 11) is -0.308. The van der Waals surface area contributed by atoms with Crippen molar-refractivity contribution in [3.63, 3.8) is 0 Å². The van der Waals surface area contributed by atoms with E-state index in [-0.39, 0.29) is 11.5 Å². The van der Waals surface area contributed by atoms with Crippen molar-refractivity contribution in [3.8, 4) is 11.3 Å². The van der Waals surface area contributed by atoms with Gasteiger partial charge in [0.05, 0.1) is 11.3 Å². The van der Waals surface area contributed by atoms with Gasteiger partial charge in [-0.3, -0.25) is 0 Å². The van der Waals surface area contributed by atoms with Crippen LogP contribution >= 0.6 is 0 Å². The molecule has 0 radical (unpaired) electrons. The largest absolute Gasteiger partial charge is 0.478 e. The molecule has 1 aliphatic rings. The van der Waals surface area contributed by atoms with Gasteiger partial charge in [0.1, 0.15) is 6.33 Å². The first-order valence-electron chi connectivity index (χ1n) is 9.09. The summed E-state index contributed by atoms with van der Waals surface area (Å²) in [6.07, 6.45) is 3.94. The quantitative estimate of drug-likeness (QED) is 0.789. The summed E-state index contributed by atoms with van der Waals surface area (Å²) in [6.45, 7) is 1.02. The minimum absolute atomic E-state index is 0.195. The Hall–Kier alpha value is -2.36. The molecule has 1 aromatic carbocycles. The molecule has 0 spiro atoms. The second-order valence-corrected chi connectivity index (χ2v) is 9.28. The second-order valence-electron chi connectivity index (χ2n) is 7.14. The highest BCUT2D eigenvalue weighted by molar-refractivity contribution is 7.86. The van der Waals surface area contributed by atoms with Crippen LogP contribution in [0.2, 0.25) is 0 Å². The van der Waals surface area contributed by atoms with Gasteiger partial charge < -0.3 is 5.11 Å². The first-order chi connectivity index (χ1) is 13.3. The maximum Gasteiger partial charge on any atom is 0.335 e. The zero-order valence-electron chi connectivity index (χ0n) is 15.9. The highest BCUT2D eigenvalue weighted by Gasteiger charge is 2.30. The highest BCUT2D eigenvalue weighted by atomic mass is 32.2. The molecule has 28 heavy (non-hydrogen) atoms. The normalized spacial score (nSPS) is 18.3. The molecule has 8 nitrogen and oxygen atoms in total. The summed E-state index contributed by atoms with van der Waals surface area (Å²) in [5.74, 6) is -0.773. The smallest absolute Gasteiger partial charge is 0.335 e. The fourth-order valence-electron chi connectivity index (χ4n) is 3.38. The first-order valence-corrected chi connectivity index (χ1v) is 10.5. The van der Waals surface area contributed by atoms with Gasteiger partial charge in [-0.1, -0.05) is 12.1 Å². The fraction of sp³-hybridized carbons (Fsp3) is 0.421. The van der Waals surface area contributed by atoms with Gasteiger partial charge in [-0.05, 0) is 43.4 Å². The molecule has 3 rings (SSSR count). The van der Waals surface area contributed by atoms with Gasteiger partial charge in [0.2, 0.25) is 0 Å². The summed E-state index contributed by atoms with van der Waals surface area (Å²) in [5.41, 5.74) is 2.61. The van der Waals surface area contributed by atoms with Crippen LogP contribution in [0.5, 0.6) is 0 Å². The molecule has 1 N–H and O–H groups in total. The predicted octanol–water partition coefficient (Wildman–Crippen LogP) is 1.90. The molecule has 0 unspecified atom stereocenters. The van der Waals surface area contributed by atoms with Crippen molar-refractivity contribution >= 4 is 16.2 Å². The van der Waals surface area contributed by atoms with E-state index in [1.807, 2.05) is 6.07 Å². The lowest BCUT2D eigenvalue weighted by Crippen LogP contribution is -2.45. The molecule has 2 heterocycles. The molecule has 0 bridgehead atoms. The zero-order chi connectivity index (χ0) is 20.3. The number of carbonyl (C=O) groups is 1. The summed E-state index contributed by atoms with van der Waals surface area (Å²) in [5, 5.41) is 9.01. The zero-order valence-corrected chi connectivity index (χ0v) is 16.8. The molecule has 0 aliphatic carbocycles. The van der Waals surface area contributed by atoms with Crippen molar-refractivity contribution < 1.29 is 18.3 Å². The fourth-order valence-corrected chi connectivity index (χ4v) is 4.60. The average molecular weight is 404 g/mol. The molecule has 1 aliphatic heterocycles. The Kier molecular flexibility index (Phi) is 6.07. The molecule has 1 atom stereocenters. The standard InChI is InChI=1S/C19H24N4O4S/c1-22(2)28(26,27)23-9-3-4-14(12-23)10-17-11-18(21-13-20-17)15-5-7-16(8-6-15)19(24)25/h5-8,11,13-14H,3-4,9-10,12H2,1-2H3,(H,24,25)/t14-/m1/s1. The molecule has 150 valence electrons. The third-order valence-electron chi connectivity index (χ3n) is 4.92. The van der Waals surface area contributed by atoms with Gasteiger partial charge in [-0.15, -0.1) is 0 Å². The van der Waals surface area contributed by atoms with Crippen molar-refractivity contribution in [3.05, 3.63) is 47.9 Å². The van der Waals surface area contributed by atoms with Gasteiger partial charge in [-0.2, -0.15) is 17.0 Å². The topological polar surface area (TPSA) is 104 Å². The SMILES string of the molecule is CN(C)S(=O)(=O)N1CCC[C@H](Cc2cc(-c3ccc(C(=O)O)cc3)ncn2)C1. The minimum Gasteiger partial charge on any atom is -0.478 e. The minimum atomic E-state index is -3.40. The van der Waals surface area contributed by atoms with E-state index in [1.165, 1.54) is 14.9 Å². The van der Waals surface area contributed by atoms with E-state index in [1.54, 1.807) is 38.4 Å². The van der Waals surface area contributed by atoms with Gasteiger partial charge in [0.15, 0.2) is 0 Å². The Labute approximate surface area is 165 Å². The number of benzene rings is 1. The van der Waals surface area contributed by atoms with Gasteiger partial charge in [0.25, 0.3) is 10.2 Å². The number of hydrogen-bond acceptors (Lipinski definition) is 5. The lowest BCUT2D eigenvalue weighted by atomic mass is 9.94. The predicted molar refractivity (Wildman–Crippen MR) is 105 cm³/mol. The Morgan fingerprint density at radius 3 is 2.61 bits per heavy atom. The maximum absolute atomic E-state index is 12.4. The first kappa shape index (κ1) is 20.4. The summed E-state index contributed by atoms with van der Waals surface area (Å²) in [6, 6.07) is 8.42. The van der Waals surface area contributed by atoms with Crippen LogP contribution in [-0.4, -0.2) is 65.3 Å². The van der Waals surface area contributed by atoms with Crippen LogP contribution in [0.3, 0.4) is 0 Å². The Balaban J connectivity index is 1.73. The van der Waals surface area contributed by atoms with Crippen molar-refractivity contribution in [2.45, 2.75) is 19.3 Å². The molecule has 1 saturated heterocycles. The number of rotatable bonds is 6. The lowest BCUT2D eigenvalue weighted by molar-refractivity contribution is 0.0697. The number of piperidine rings is 1. The Bertz CT molecular complexity index is 945. The van der Waals surface area contributed by atoms with Crippen LogP contribution in [0.15, 0.2) is 36.7 Å². The van der Waals surface area contributed by atoms with Gasteiger partial charge >= 0.3 is 5.97 Å². The molecular weight excluding hydrogens is 380 g/mol. The number of carboxylic acids is 1. The van der Waals surface area contributed by atoms with Crippen LogP contribution in [0.1, 0.15) is 28.9 Å². The van der Waals surface area contributed by atoms with E-state index >= 15 is 0 Å². The van der Waals surface area contributed by atoms with Crippen molar-refractivity contribution in [2.75, 3.05) is 27.2 Å². The van der Waals surface area contributed by atoms with Crippen LogP contribution in [0, 0.1) is 5.92 Å². The summed E-state index contributed by atoms with van der Waals surface area (Å²) < 4.78 is 27.5. The van der Waals surface area contributed by atoms with Gasteiger partial charge in [-0.25, -0.2) is 14.8 Å². The van der Waals surface area contributed by atoms with Crippen LogP contribution < -0.4 is 0 Å². The van der Waals surface area contributed by atoms with E-state index in [0.717, 1.165) is 29.8 Å². The number of nitrogens with zero attached hydrogens (tertiary/aromatic N) is 4.